The van der Waals surface area contributed by atoms with Gasteiger partial charge < -0.3 is 20.1 Å². The van der Waals surface area contributed by atoms with Crippen LogP contribution in [0.15, 0.2) is 48.5 Å². The second-order valence-electron chi connectivity index (χ2n) is 6.61. The van der Waals surface area contributed by atoms with E-state index in [1.807, 2.05) is 37.3 Å². The molecule has 0 aliphatic rings. The number of ether oxygens (including phenoxy) is 2. The van der Waals surface area contributed by atoms with Crippen molar-refractivity contribution in [1.82, 2.24) is 9.97 Å². The lowest BCUT2D eigenvalue weighted by atomic mass is 10.1. The van der Waals surface area contributed by atoms with Crippen LogP contribution in [0.4, 0.5) is 17.5 Å². The van der Waals surface area contributed by atoms with Gasteiger partial charge in [-0.25, -0.2) is 4.98 Å². The maximum Gasteiger partial charge on any atom is 0.229 e. The molecule has 3 rings (SSSR count). The second-order valence-corrected chi connectivity index (χ2v) is 6.61. The average molecular weight is 378 g/mol. The van der Waals surface area contributed by atoms with Crippen molar-refractivity contribution in [2.24, 2.45) is 0 Å². The van der Waals surface area contributed by atoms with Crippen LogP contribution in [0.25, 0.3) is 0 Å². The monoisotopic (exact) mass is 378 g/mol. The van der Waals surface area contributed by atoms with Gasteiger partial charge in [0.2, 0.25) is 5.95 Å². The largest absolute Gasteiger partial charge is 0.497 e. The van der Waals surface area contributed by atoms with Crippen LogP contribution in [-0.4, -0.2) is 30.2 Å². The van der Waals surface area contributed by atoms with Gasteiger partial charge in [0.05, 0.1) is 13.7 Å². The van der Waals surface area contributed by atoms with Crippen LogP contribution in [0.5, 0.6) is 11.5 Å². The molecule has 2 aromatic carbocycles. The van der Waals surface area contributed by atoms with Gasteiger partial charge in [0, 0.05) is 17.4 Å². The number of nitrogens with zero attached hydrogens (tertiary/aromatic N) is 2. The smallest absolute Gasteiger partial charge is 0.229 e. The van der Waals surface area contributed by atoms with Gasteiger partial charge in [0.1, 0.15) is 23.9 Å². The van der Waals surface area contributed by atoms with E-state index in [4.69, 9.17) is 9.47 Å². The average Bonchev–Trinajstić information content (AvgIpc) is 2.68. The number of aromatic nitrogens is 2. The van der Waals surface area contributed by atoms with Crippen LogP contribution in [-0.2, 0) is 0 Å². The number of benzene rings is 2. The normalized spacial score (nSPS) is 10.4. The zero-order valence-electron chi connectivity index (χ0n) is 16.7. The predicted octanol–water partition coefficient (Wildman–Crippen LogP) is 4.64. The summed E-state index contributed by atoms with van der Waals surface area (Å²) in [6.45, 7) is 7.24. The fourth-order valence-electron chi connectivity index (χ4n) is 2.73. The maximum absolute atomic E-state index is 5.74. The lowest BCUT2D eigenvalue weighted by Gasteiger charge is -2.12. The molecule has 0 fully saturated rings. The summed E-state index contributed by atoms with van der Waals surface area (Å²) in [5.41, 5.74) is 4.24. The molecule has 146 valence electrons. The van der Waals surface area contributed by atoms with Crippen LogP contribution in [0.3, 0.4) is 0 Å². The summed E-state index contributed by atoms with van der Waals surface area (Å²) in [7, 11) is 1.65. The van der Waals surface area contributed by atoms with E-state index in [1.165, 1.54) is 5.56 Å². The molecule has 0 spiro atoms. The van der Waals surface area contributed by atoms with E-state index < -0.39 is 0 Å². The highest BCUT2D eigenvalue weighted by Gasteiger charge is 2.05. The third-order valence-electron chi connectivity index (χ3n) is 4.23. The van der Waals surface area contributed by atoms with E-state index in [-0.39, 0.29) is 0 Å². The molecule has 0 amide bonds. The molecule has 1 aromatic heterocycles. The summed E-state index contributed by atoms with van der Waals surface area (Å²) in [4.78, 5) is 9.05. The standard InChI is InChI=1S/C22H26N4O2/c1-15-5-6-16(2)20(13-15)25-22-24-17(3)14-21(26-22)23-11-12-28-19-9-7-18(27-4)8-10-19/h5-10,13-14H,11-12H2,1-4H3,(H2,23,24,25,26). The van der Waals surface area contributed by atoms with Gasteiger partial charge in [-0.2, -0.15) is 4.98 Å². The van der Waals surface area contributed by atoms with Crippen LogP contribution in [0.1, 0.15) is 16.8 Å². The van der Waals surface area contributed by atoms with Gasteiger partial charge in [-0.3, -0.25) is 0 Å². The fourth-order valence-corrected chi connectivity index (χ4v) is 2.73. The first-order valence-corrected chi connectivity index (χ1v) is 9.24. The minimum Gasteiger partial charge on any atom is -0.497 e. The van der Waals surface area contributed by atoms with Gasteiger partial charge in [-0.1, -0.05) is 12.1 Å². The molecule has 0 saturated carbocycles. The number of rotatable bonds is 8. The Labute approximate surface area is 166 Å². The molecule has 6 nitrogen and oxygen atoms in total. The summed E-state index contributed by atoms with van der Waals surface area (Å²) in [6.07, 6.45) is 0. The van der Waals surface area contributed by atoms with E-state index >= 15 is 0 Å². The first kappa shape index (κ1) is 19.5. The molecule has 0 unspecified atom stereocenters. The maximum atomic E-state index is 5.74. The van der Waals surface area contributed by atoms with Crippen molar-refractivity contribution in [3.63, 3.8) is 0 Å². The van der Waals surface area contributed by atoms with E-state index in [1.54, 1.807) is 7.11 Å². The second kappa shape index (κ2) is 9.08. The Balaban J connectivity index is 1.57. The van der Waals surface area contributed by atoms with Crippen LogP contribution in [0, 0.1) is 20.8 Å². The van der Waals surface area contributed by atoms with Crippen molar-refractivity contribution in [1.29, 1.82) is 0 Å². The van der Waals surface area contributed by atoms with Gasteiger partial charge >= 0.3 is 0 Å². The van der Waals surface area contributed by atoms with Crippen LogP contribution in [0.2, 0.25) is 0 Å². The molecule has 28 heavy (non-hydrogen) atoms. The Kier molecular flexibility index (Phi) is 6.32. The molecule has 0 aliphatic heterocycles. The fraction of sp³-hybridized carbons (Fsp3) is 0.273. The molecule has 0 aliphatic carbocycles. The molecule has 6 heteroatoms. The van der Waals surface area contributed by atoms with Crippen molar-refractivity contribution in [3.05, 3.63) is 65.4 Å². The molecular weight excluding hydrogens is 352 g/mol. The number of methoxy groups -OCH3 is 1. The minimum atomic E-state index is 0.523. The van der Waals surface area contributed by atoms with Gasteiger partial charge in [0.25, 0.3) is 0 Å². The molecule has 0 saturated heterocycles. The molecule has 0 atom stereocenters. The number of anilines is 3. The molecule has 1 heterocycles. The molecule has 0 radical (unpaired) electrons. The minimum absolute atomic E-state index is 0.523. The molecule has 0 bridgehead atoms. The third-order valence-corrected chi connectivity index (χ3v) is 4.23. The van der Waals surface area contributed by atoms with Crippen molar-refractivity contribution in [2.75, 3.05) is 30.9 Å². The third kappa shape index (κ3) is 5.36. The number of hydrogen-bond donors (Lipinski definition) is 2. The zero-order chi connectivity index (χ0) is 19.9. The topological polar surface area (TPSA) is 68.3 Å². The Morgan fingerprint density at radius 1 is 0.893 bits per heavy atom. The van der Waals surface area contributed by atoms with E-state index in [0.717, 1.165) is 34.3 Å². The summed E-state index contributed by atoms with van der Waals surface area (Å²) in [5.74, 6) is 2.95. The molecular formula is C22H26N4O2. The number of aryl methyl sites for hydroxylation is 3. The Bertz CT molecular complexity index is 926. The number of nitrogens with one attached hydrogen (secondary N) is 2. The zero-order valence-corrected chi connectivity index (χ0v) is 16.7. The van der Waals surface area contributed by atoms with E-state index in [9.17, 15) is 0 Å². The van der Waals surface area contributed by atoms with Gasteiger partial charge in [0.15, 0.2) is 0 Å². The van der Waals surface area contributed by atoms with Gasteiger partial charge in [-0.05, 0) is 62.2 Å². The van der Waals surface area contributed by atoms with Gasteiger partial charge in [-0.15, -0.1) is 0 Å². The Hall–Kier alpha value is -3.28. The highest BCUT2D eigenvalue weighted by atomic mass is 16.5. The predicted molar refractivity (Wildman–Crippen MR) is 113 cm³/mol. The summed E-state index contributed by atoms with van der Waals surface area (Å²) in [6, 6.07) is 15.7. The summed E-state index contributed by atoms with van der Waals surface area (Å²) >= 11 is 0. The van der Waals surface area contributed by atoms with E-state index in [0.29, 0.717) is 19.1 Å². The van der Waals surface area contributed by atoms with Crippen molar-refractivity contribution in [2.45, 2.75) is 20.8 Å². The van der Waals surface area contributed by atoms with Crippen LogP contribution < -0.4 is 20.1 Å². The first-order chi connectivity index (χ1) is 13.5. The summed E-state index contributed by atoms with van der Waals surface area (Å²) in [5, 5.41) is 6.61. The quantitative estimate of drug-likeness (QED) is 0.556. The first-order valence-electron chi connectivity index (χ1n) is 9.24. The lowest BCUT2D eigenvalue weighted by molar-refractivity contribution is 0.331. The van der Waals surface area contributed by atoms with Crippen LogP contribution >= 0.6 is 0 Å². The highest BCUT2D eigenvalue weighted by Crippen LogP contribution is 2.21. The van der Waals surface area contributed by atoms with E-state index in [2.05, 4.69) is 52.6 Å². The van der Waals surface area contributed by atoms with Crippen molar-refractivity contribution >= 4 is 17.5 Å². The SMILES string of the molecule is COc1ccc(OCCNc2cc(C)nc(Nc3cc(C)ccc3C)n2)cc1. The molecule has 2 N–H and O–H groups in total. The van der Waals surface area contributed by atoms with Crippen molar-refractivity contribution < 1.29 is 9.47 Å². The Morgan fingerprint density at radius 3 is 2.39 bits per heavy atom. The lowest BCUT2D eigenvalue weighted by Crippen LogP contribution is -2.13. The number of hydrogen-bond acceptors (Lipinski definition) is 6. The van der Waals surface area contributed by atoms with Crippen molar-refractivity contribution in [3.8, 4) is 11.5 Å². The highest BCUT2D eigenvalue weighted by molar-refractivity contribution is 5.60. The molecule has 3 aromatic rings. The Morgan fingerprint density at radius 2 is 1.64 bits per heavy atom. The summed E-state index contributed by atoms with van der Waals surface area (Å²) < 4.78 is 10.9.